The smallest absolute Gasteiger partial charge is 0.326 e. The highest BCUT2D eigenvalue weighted by molar-refractivity contribution is 5.90. The minimum atomic E-state index is -1.24. The van der Waals surface area contributed by atoms with Crippen molar-refractivity contribution in [2.24, 2.45) is 0 Å². The molecule has 212 valence electrons. The van der Waals surface area contributed by atoms with Gasteiger partial charge in [-0.25, -0.2) is 4.79 Å². The fourth-order valence-electron chi connectivity index (χ4n) is 4.11. The largest absolute Gasteiger partial charge is 0.508 e. The molecule has 0 radical (unpaired) electrons. The molecule has 41 heavy (non-hydrogen) atoms. The van der Waals surface area contributed by atoms with Crippen molar-refractivity contribution in [3.63, 3.8) is 0 Å². The van der Waals surface area contributed by atoms with E-state index >= 15 is 0 Å². The number of carboxylic acid groups (broad SMARTS) is 1. The van der Waals surface area contributed by atoms with E-state index in [1.807, 2.05) is 18.2 Å². The molecule has 0 aliphatic heterocycles. The third-order valence-corrected chi connectivity index (χ3v) is 6.21. The van der Waals surface area contributed by atoms with E-state index in [9.17, 15) is 29.7 Å². The Kier molecular flexibility index (Phi) is 9.09. The van der Waals surface area contributed by atoms with Gasteiger partial charge in [0.2, 0.25) is 17.8 Å². The molecule has 0 bridgehead atoms. The van der Waals surface area contributed by atoms with Gasteiger partial charge in [0.15, 0.2) is 0 Å². The predicted molar refractivity (Wildman–Crippen MR) is 147 cm³/mol. The third kappa shape index (κ3) is 7.79. The maximum atomic E-state index is 13.6. The molecule has 0 aliphatic carbocycles. The molecule has 13 heteroatoms. The summed E-state index contributed by atoms with van der Waals surface area (Å²) < 4.78 is 1.44. The van der Waals surface area contributed by atoms with Gasteiger partial charge in [0.1, 0.15) is 23.6 Å². The summed E-state index contributed by atoms with van der Waals surface area (Å²) in [7, 11) is 1.43. The lowest BCUT2D eigenvalue weighted by Crippen LogP contribution is -2.50. The highest BCUT2D eigenvalue weighted by atomic mass is 16.4. The highest BCUT2D eigenvalue weighted by Crippen LogP contribution is 2.17. The van der Waals surface area contributed by atoms with E-state index in [-0.39, 0.29) is 30.3 Å². The first-order chi connectivity index (χ1) is 19.7. The number of aliphatic carboxylic acids is 1. The number of phenols is 2. The number of aromatic hydroxyl groups is 2. The van der Waals surface area contributed by atoms with Crippen molar-refractivity contribution < 1.29 is 29.7 Å². The zero-order valence-corrected chi connectivity index (χ0v) is 22.1. The molecule has 0 unspecified atom stereocenters. The fraction of sp³-hybridized carbons (Fsp3) is 0.214. The Balaban J connectivity index is 1.48. The zero-order valence-electron chi connectivity index (χ0n) is 22.1. The lowest BCUT2D eigenvalue weighted by molar-refractivity contribution is -0.142. The number of hydrogen-bond acceptors (Lipinski definition) is 9. The molecular weight excluding hydrogens is 530 g/mol. The quantitative estimate of drug-likeness (QED) is 0.170. The van der Waals surface area contributed by atoms with Crippen molar-refractivity contribution in [1.29, 1.82) is 0 Å². The fourth-order valence-corrected chi connectivity index (χ4v) is 4.11. The monoisotopic (exact) mass is 559 g/mol. The van der Waals surface area contributed by atoms with E-state index in [1.54, 1.807) is 36.4 Å². The number of phenolic OH excluding ortho intramolecular Hbond substituents is 2. The van der Waals surface area contributed by atoms with Crippen LogP contribution in [0.25, 0.3) is 5.69 Å². The van der Waals surface area contributed by atoms with Gasteiger partial charge in [-0.2, -0.15) is 4.68 Å². The summed E-state index contributed by atoms with van der Waals surface area (Å²) in [5.74, 6) is -2.05. The van der Waals surface area contributed by atoms with Crippen molar-refractivity contribution in [3.05, 3.63) is 90.0 Å². The van der Waals surface area contributed by atoms with Crippen LogP contribution in [-0.4, -0.2) is 83.9 Å². The van der Waals surface area contributed by atoms with Crippen LogP contribution in [0.2, 0.25) is 0 Å². The standard InChI is InChI=1S/C28H29N7O6/c1-34(17-25(38)29-24(27(40)41)16-19-9-13-22(37)14-10-19)26(39)23(15-18-7-11-21(36)12-8-18)30-28-31-32-33-35(28)20-5-3-2-4-6-20/h2-14,23-24,36-37H,15-17H2,1H3,(H,29,38)(H,40,41)(H,30,31,33)/t23-,24-/m0/s1. The topological polar surface area (TPSA) is 183 Å². The number of hydrogen-bond donors (Lipinski definition) is 5. The predicted octanol–water partition coefficient (Wildman–Crippen LogP) is 1.37. The van der Waals surface area contributed by atoms with Gasteiger partial charge in [-0.05, 0) is 58.0 Å². The van der Waals surface area contributed by atoms with Crippen molar-refractivity contribution in [2.75, 3.05) is 18.9 Å². The van der Waals surface area contributed by atoms with E-state index in [1.165, 1.54) is 40.9 Å². The number of tetrazole rings is 1. The van der Waals surface area contributed by atoms with Crippen molar-refractivity contribution in [2.45, 2.75) is 24.9 Å². The Hall–Kier alpha value is -5.46. The summed E-state index contributed by atoms with van der Waals surface area (Å²) in [5, 5.41) is 46.0. The van der Waals surface area contributed by atoms with Crippen LogP contribution in [0.15, 0.2) is 78.9 Å². The van der Waals surface area contributed by atoms with Gasteiger partial charge >= 0.3 is 5.97 Å². The molecule has 2 amide bonds. The molecule has 0 aliphatic rings. The number of aromatic nitrogens is 4. The Labute approximate surface area is 235 Å². The molecule has 1 aromatic heterocycles. The molecule has 5 N–H and O–H groups in total. The van der Waals surface area contributed by atoms with Crippen LogP contribution in [0.3, 0.4) is 0 Å². The summed E-state index contributed by atoms with van der Waals surface area (Å²) in [6.45, 7) is -0.407. The van der Waals surface area contributed by atoms with Crippen molar-refractivity contribution >= 4 is 23.7 Å². The van der Waals surface area contributed by atoms with E-state index in [0.29, 0.717) is 11.3 Å². The first-order valence-corrected chi connectivity index (χ1v) is 12.6. The van der Waals surface area contributed by atoms with E-state index in [2.05, 4.69) is 26.2 Å². The number of carboxylic acids is 1. The van der Waals surface area contributed by atoms with Gasteiger partial charge in [0, 0.05) is 19.9 Å². The molecule has 0 fully saturated rings. The first kappa shape index (κ1) is 28.5. The number of likely N-dealkylation sites (N-methyl/N-ethyl adjacent to an activating group) is 1. The van der Waals surface area contributed by atoms with Crippen molar-refractivity contribution in [1.82, 2.24) is 30.4 Å². The van der Waals surface area contributed by atoms with Gasteiger partial charge in [-0.15, -0.1) is 0 Å². The Morgan fingerprint density at radius 1 is 0.854 bits per heavy atom. The van der Waals surface area contributed by atoms with Crippen LogP contribution < -0.4 is 10.6 Å². The van der Waals surface area contributed by atoms with Gasteiger partial charge < -0.3 is 30.9 Å². The highest BCUT2D eigenvalue weighted by Gasteiger charge is 2.28. The average molecular weight is 560 g/mol. The minimum absolute atomic E-state index is 0.00775. The van der Waals surface area contributed by atoms with Crippen LogP contribution in [0, 0.1) is 0 Å². The SMILES string of the molecule is CN(CC(=O)N[C@@H](Cc1ccc(O)cc1)C(=O)O)C(=O)[C@H](Cc1ccc(O)cc1)Nc1nnnn1-c1ccccc1. The molecule has 1 heterocycles. The van der Waals surface area contributed by atoms with E-state index in [4.69, 9.17) is 0 Å². The molecule has 0 spiro atoms. The second-order valence-electron chi connectivity index (χ2n) is 9.34. The van der Waals surface area contributed by atoms with Crippen LogP contribution in [0.5, 0.6) is 11.5 Å². The number of rotatable bonds is 12. The molecule has 0 saturated carbocycles. The van der Waals surface area contributed by atoms with Crippen molar-refractivity contribution in [3.8, 4) is 17.2 Å². The summed E-state index contributed by atoms with van der Waals surface area (Å²) in [4.78, 5) is 39.4. The molecule has 13 nitrogen and oxygen atoms in total. The Bertz CT molecular complexity index is 1480. The minimum Gasteiger partial charge on any atom is -0.508 e. The number of anilines is 1. The summed E-state index contributed by atoms with van der Waals surface area (Å²) in [5.41, 5.74) is 2.00. The molecule has 4 aromatic rings. The number of nitrogens with one attached hydrogen (secondary N) is 2. The second kappa shape index (κ2) is 13.1. The molecule has 3 aromatic carbocycles. The van der Waals surface area contributed by atoms with Gasteiger partial charge in [-0.1, -0.05) is 47.6 Å². The van der Waals surface area contributed by atoms with Crippen LogP contribution >= 0.6 is 0 Å². The van der Waals surface area contributed by atoms with Gasteiger partial charge in [0.25, 0.3) is 0 Å². The molecular formula is C28H29N7O6. The maximum absolute atomic E-state index is 13.6. The number of amides is 2. The average Bonchev–Trinajstić information content (AvgIpc) is 3.42. The van der Waals surface area contributed by atoms with Gasteiger partial charge in [-0.3, -0.25) is 9.59 Å². The lowest BCUT2D eigenvalue weighted by atomic mass is 10.0. The van der Waals surface area contributed by atoms with Gasteiger partial charge in [0.05, 0.1) is 12.2 Å². The maximum Gasteiger partial charge on any atom is 0.326 e. The number of nitrogens with zero attached hydrogens (tertiary/aromatic N) is 5. The summed E-state index contributed by atoms with van der Waals surface area (Å²) >= 11 is 0. The normalized spacial score (nSPS) is 12.2. The molecule has 4 rings (SSSR count). The first-order valence-electron chi connectivity index (χ1n) is 12.6. The van der Waals surface area contributed by atoms with E-state index in [0.717, 1.165) is 5.56 Å². The number of carbonyl (C=O) groups is 3. The summed E-state index contributed by atoms with van der Waals surface area (Å²) in [6.07, 6.45) is 0.164. The Morgan fingerprint density at radius 2 is 1.41 bits per heavy atom. The lowest BCUT2D eigenvalue weighted by Gasteiger charge is -2.25. The number of benzene rings is 3. The third-order valence-electron chi connectivity index (χ3n) is 6.21. The molecule has 2 atom stereocenters. The number of carbonyl (C=O) groups excluding carboxylic acids is 2. The second-order valence-corrected chi connectivity index (χ2v) is 9.34. The summed E-state index contributed by atoms with van der Waals surface area (Å²) in [6, 6.07) is 19.3. The van der Waals surface area contributed by atoms with Crippen LogP contribution in [0.4, 0.5) is 5.95 Å². The van der Waals surface area contributed by atoms with Crippen LogP contribution in [0.1, 0.15) is 11.1 Å². The zero-order chi connectivity index (χ0) is 29.4. The van der Waals surface area contributed by atoms with Crippen LogP contribution in [-0.2, 0) is 27.2 Å². The number of para-hydroxylation sites is 1. The van der Waals surface area contributed by atoms with E-state index < -0.39 is 36.4 Å². The Morgan fingerprint density at radius 3 is 1.98 bits per heavy atom. The molecule has 0 saturated heterocycles.